The van der Waals surface area contributed by atoms with Gasteiger partial charge >= 0.3 is 12.2 Å². The van der Waals surface area contributed by atoms with Gasteiger partial charge in [-0.15, -0.1) is 0 Å². The molecule has 0 radical (unpaired) electrons. The molecule has 18 heteroatoms. The molecule has 0 saturated carbocycles. The number of ether oxygens (including phenoxy) is 2. The number of nitrogens with zero attached hydrogens (tertiary/aromatic N) is 2. The summed E-state index contributed by atoms with van der Waals surface area (Å²) in [7, 11) is -3.31. The monoisotopic (exact) mass is 940 g/mol. The first-order chi connectivity index (χ1) is 30.8. The summed E-state index contributed by atoms with van der Waals surface area (Å²) in [5.41, 5.74) is -0.194. The third-order valence-corrected chi connectivity index (χ3v) is 12.6. The van der Waals surface area contributed by atoms with Crippen molar-refractivity contribution in [1.82, 2.24) is 35.8 Å². The Hall–Kier alpha value is -5.23. The summed E-state index contributed by atoms with van der Waals surface area (Å²) in [5, 5.41) is 14.1. The number of sulfonamides is 1. The van der Waals surface area contributed by atoms with Crippen molar-refractivity contribution in [2.24, 2.45) is 11.3 Å². The number of amides is 6. The maximum atomic E-state index is 14.4. The van der Waals surface area contributed by atoms with Crippen LogP contribution in [0.5, 0.6) is 0 Å². The molecule has 2 saturated heterocycles. The lowest BCUT2D eigenvalue weighted by atomic mass is 9.73. The first-order valence-electron chi connectivity index (χ1n) is 23.0. The maximum absolute atomic E-state index is 14.4. The van der Waals surface area contributed by atoms with E-state index in [0.29, 0.717) is 51.9 Å². The van der Waals surface area contributed by atoms with Gasteiger partial charge in [0.1, 0.15) is 35.4 Å². The van der Waals surface area contributed by atoms with Crippen molar-refractivity contribution in [2.45, 2.75) is 142 Å². The van der Waals surface area contributed by atoms with Gasteiger partial charge < -0.3 is 41.0 Å². The smallest absolute Gasteiger partial charge is 0.408 e. The van der Waals surface area contributed by atoms with Gasteiger partial charge in [0.05, 0.1) is 6.26 Å². The lowest BCUT2D eigenvalue weighted by Crippen LogP contribution is -2.63. The van der Waals surface area contributed by atoms with Gasteiger partial charge in [-0.3, -0.25) is 19.2 Å². The number of piperidine rings is 1. The lowest BCUT2D eigenvalue weighted by Gasteiger charge is -2.53. The molecule has 2 aliphatic heterocycles. The Balaban J connectivity index is 1.53. The second-order valence-corrected chi connectivity index (χ2v) is 22.2. The molecule has 1 spiro atoms. The van der Waals surface area contributed by atoms with Crippen molar-refractivity contribution in [3.05, 3.63) is 71.8 Å². The Morgan fingerprint density at radius 2 is 1.11 bits per heavy atom. The van der Waals surface area contributed by atoms with Crippen molar-refractivity contribution >= 4 is 45.8 Å². The predicted molar refractivity (Wildman–Crippen MR) is 251 cm³/mol. The van der Waals surface area contributed by atoms with Gasteiger partial charge in [0, 0.05) is 51.0 Å². The molecule has 4 unspecified atom stereocenters. The van der Waals surface area contributed by atoms with E-state index in [1.54, 1.807) is 46.4 Å². The SMILES string of the molecule is CC(C)CC(NC(=O)C(Cc1ccccc1)NC(=O)C(Cc1ccccc1)NC(=O)OC(C)(C)C)C(=O)NC(CCCCNC(=O)OC(C)(C)C)C(=O)N1CCC2(CC1)CN(S(C)(=O)=O)C2. The third-order valence-electron chi connectivity index (χ3n) is 11.4. The Bertz CT molecular complexity index is 2060. The number of hydrogen-bond acceptors (Lipinski definition) is 10. The molecule has 2 fully saturated rings. The van der Waals surface area contributed by atoms with Crippen LogP contribution in [0.3, 0.4) is 0 Å². The molecule has 17 nitrogen and oxygen atoms in total. The molecule has 66 heavy (non-hydrogen) atoms. The number of likely N-dealkylation sites (tertiary alicyclic amines) is 1. The van der Waals surface area contributed by atoms with Crippen LogP contribution in [0.15, 0.2) is 60.7 Å². The maximum Gasteiger partial charge on any atom is 0.408 e. The number of hydrogen-bond donors (Lipinski definition) is 5. The summed E-state index contributed by atoms with van der Waals surface area (Å²) < 4.78 is 36.4. The predicted octanol–water partition coefficient (Wildman–Crippen LogP) is 4.44. The minimum atomic E-state index is -3.31. The molecule has 6 amide bonds. The van der Waals surface area contributed by atoms with Gasteiger partial charge in [0.15, 0.2) is 0 Å². The highest BCUT2D eigenvalue weighted by Crippen LogP contribution is 2.41. The highest BCUT2D eigenvalue weighted by Gasteiger charge is 2.49. The Labute approximate surface area is 391 Å². The van der Waals surface area contributed by atoms with Gasteiger partial charge in [-0.2, -0.15) is 0 Å². The van der Waals surface area contributed by atoms with Crippen LogP contribution < -0.4 is 26.6 Å². The number of benzene rings is 2. The number of alkyl carbamates (subject to hydrolysis) is 2. The van der Waals surface area contributed by atoms with Crippen LogP contribution in [-0.4, -0.2) is 128 Å². The second-order valence-electron chi connectivity index (χ2n) is 20.2. The Kier molecular flexibility index (Phi) is 19.0. The van der Waals surface area contributed by atoms with E-state index in [-0.39, 0.29) is 49.5 Å². The zero-order valence-corrected chi connectivity index (χ0v) is 41.1. The van der Waals surface area contributed by atoms with Crippen LogP contribution in [0.25, 0.3) is 0 Å². The summed E-state index contributed by atoms with van der Waals surface area (Å²) in [6.07, 6.45) is 2.64. The number of carbonyl (C=O) groups excluding carboxylic acids is 6. The van der Waals surface area contributed by atoms with E-state index in [1.807, 2.05) is 74.5 Å². The first kappa shape index (κ1) is 53.4. The van der Waals surface area contributed by atoms with E-state index in [2.05, 4.69) is 26.6 Å². The van der Waals surface area contributed by atoms with Crippen molar-refractivity contribution < 1.29 is 46.7 Å². The largest absolute Gasteiger partial charge is 0.444 e. The van der Waals surface area contributed by atoms with Crippen LogP contribution in [-0.2, 0) is 51.5 Å². The fraction of sp³-hybridized carbons (Fsp3) is 0.625. The zero-order chi connectivity index (χ0) is 48.9. The van der Waals surface area contributed by atoms with Gasteiger partial charge in [0.2, 0.25) is 33.7 Å². The molecule has 2 aliphatic rings. The highest BCUT2D eigenvalue weighted by molar-refractivity contribution is 7.88. The van der Waals surface area contributed by atoms with Gasteiger partial charge in [-0.1, -0.05) is 74.5 Å². The molecule has 366 valence electrons. The van der Waals surface area contributed by atoms with E-state index >= 15 is 0 Å². The van der Waals surface area contributed by atoms with Crippen LogP contribution >= 0.6 is 0 Å². The molecule has 0 aromatic heterocycles. The normalized spacial score (nSPS) is 17.0. The van der Waals surface area contributed by atoms with Crippen LogP contribution in [0.4, 0.5) is 9.59 Å². The van der Waals surface area contributed by atoms with E-state index in [9.17, 15) is 37.2 Å². The van der Waals surface area contributed by atoms with Crippen molar-refractivity contribution in [1.29, 1.82) is 0 Å². The van der Waals surface area contributed by atoms with Crippen LogP contribution in [0.1, 0.15) is 105 Å². The summed E-state index contributed by atoms with van der Waals surface area (Å²) in [4.78, 5) is 84.2. The van der Waals surface area contributed by atoms with E-state index < -0.39 is 75.3 Å². The lowest BCUT2D eigenvalue weighted by molar-refractivity contribution is -0.140. The molecular weight excluding hydrogens is 867 g/mol. The molecule has 2 aromatic carbocycles. The van der Waals surface area contributed by atoms with E-state index in [4.69, 9.17) is 9.47 Å². The second kappa shape index (κ2) is 23.5. The molecule has 2 aromatic rings. The molecule has 4 atom stereocenters. The minimum absolute atomic E-state index is 0.0652. The van der Waals surface area contributed by atoms with Gasteiger partial charge in [-0.05, 0) is 97.1 Å². The summed E-state index contributed by atoms with van der Waals surface area (Å²) in [6, 6.07) is 13.8. The fourth-order valence-electron chi connectivity index (χ4n) is 8.00. The molecule has 4 rings (SSSR count). The van der Waals surface area contributed by atoms with Gasteiger partial charge in [-0.25, -0.2) is 22.3 Å². The van der Waals surface area contributed by atoms with Crippen LogP contribution in [0, 0.1) is 11.3 Å². The van der Waals surface area contributed by atoms with Gasteiger partial charge in [0.25, 0.3) is 0 Å². The summed E-state index contributed by atoms with van der Waals surface area (Å²) >= 11 is 0. The minimum Gasteiger partial charge on any atom is -0.444 e. The van der Waals surface area contributed by atoms with Crippen molar-refractivity contribution in [3.63, 3.8) is 0 Å². The average molecular weight is 940 g/mol. The Morgan fingerprint density at radius 3 is 1.59 bits per heavy atom. The topological polar surface area (TPSA) is 222 Å². The van der Waals surface area contributed by atoms with Crippen molar-refractivity contribution in [2.75, 3.05) is 39.0 Å². The standard InChI is InChI=1S/C48H73N7O10S/c1-33(2)28-37(51-41(57)38(29-34-18-12-10-13-19-34)52-42(58)39(30-35-20-14-11-15-21-35)53-45(61)65-47(6,7)8)40(56)50-36(22-16-17-25-49-44(60)64-46(3,4)5)43(59)54-26-23-48(24-27-54)31-55(32-48)66(9,62)63/h10-15,18-21,33,36-39H,16-17,22-32H2,1-9H3,(H,49,60)(H,50,56)(H,51,57)(H,52,58)(H,53,61). The molecule has 0 bridgehead atoms. The number of rotatable bonds is 20. The quantitative estimate of drug-likeness (QED) is 0.118. The fourth-order valence-corrected chi connectivity index (χ4v) is 9.01. The average Bonchev–Trinajstić information content (AvgIpc) is 3.20. The number of unbranched alkanes of at least 4 members (excludes halogenated alkanes) is 1. The zero-order valence-electron chi connectivity index (χ0n) is 40.2. The van der Waals surface area contributed by atoms with E-state index in [1.165, 1.54) is 10.6 Å². The molecule has 0 aliphatic carbocycles. The molecule has 2 heterocycles. The Morgan fingerprint density at radius 1 is 0.652 bits per heavy atom. The highest BCUT2D eigenvalue weighted by atomic mass is 32.2. The first-order valence-corrected chi connectivity index (χ1v) is 24.9. The van der Waals surface area contributed by atoms with Crippen molar-refractivity contribution in [3.8, 4) is 0 Å². The summed E-state index contributed by atoms with van der Waals surface area (Å²) in [5.74, 6) is -2.20. The van der Waals surface area contributed by atoms with E-state index in [0.717, 1.165) is 11.1 Å². The molecular formula is C48H73N7O10S. The molecule has 5 N–H and O–H groups in total. The number of carbonyl (C=O) groups is 6. The van der Waals surface area contributed by atoms with Crippen LogP contribution in [0.2, 0.25) is 0 Å². The third kappa shape index (κ3) is 17.9. The number of nitrogens with one attached hydrogen (secondary N) is 5. The summed E-state index contributed by atoms with van der Waals surface area (Å²) in [6.45, 7) is 16.1.